The van der Waals surface area contributed by atoms with Crippen LogP contribution >= 0.6 is 7.82 Å². The number of ether oxygens (including phenoxy) is 2. The van der Waals surface area contributed by atoms with E-state index in [1.54, 1.807) is 0 Å². The fourth-order valence-corrected chi connectivity index (χ4v) is 6.03. The molecule has 0 fully saturated rings. The van der Waals surface area contributed by atoms with Gasteiger partial charge in [-0.15, -0.1) is 0 Å². The summed E-state index contributed by atoms with van der Waals surface area (Å²) in [5.41, 5.74) is 0. The van der Waals surface area contributed by atoms with Gasteiger partial charge in [-0.05, 0) is 77.0 Å². The molecule has 0 bridgehead atoms. The summed E-state index contributed by atoms with van der Waals surface area (Å²) in [6.07, 6.45) is 46.8. The summed E-state index contributed by atoms with van der Waals surface area (Å²) in [4.78, 5) is 42.8. The molecule has 0 aliphatic carbocycles. The lowest BCUT2D eigenvalue weighted by molar-refractivity contribution is -0.161. The number of phosphoric acid groups is 1. The first-order valence-corrected chi connectivity index (χ1v) is 22.5. The largest absolute Gasteiger partial charge is 0.469 e. The van der Waals surface area contributed by atoms with Gasteiger partial charge in [0.15, 0.2) is 6.10 Å². The van der Waals surface area contributed by atoms with Crippen molar-refractivity contribution >= 4 is 19.8 Å². The normalized spacial score (nSPS) is 12.9. The standard InChI is InChI=1S/C43H77O8P/c1-3-5-7-9-11-13-15-17-19-20-21-22-24-26-28-30-32-34-36-38-43(45)51-41(40-50-52(46,47)48)39-49-42(44)37-35-33-31-29-27-25-23-18-16-14-12-10-8-6-4-2/h11-14,17-19,23,41H,3-10,15-16,20-22,24-40H2,1-2H3,(H2,46,47,48)/b13-11-,14-12-,19-17-,23-18-. The Hall–Kier alpha value is -1.99. The minimum absolute atomic E-state index is 0.203. The molecule has 0 aromatic heterocycles. The molecule has 0 radical (unpaired) electrons. The second-order valence-corrected chi connectivity index (χ2v) is 15.2. The average molecular weight is 753 g/mol. The number of unbranched alkanes of at least 4 members (excludes halogenated alkanes) is 20. The van der Waals surface area contributed by atoms with Crippen LogP contribution in [0, 0.1) is 0 Å². The molecule has 8 nitrogen and oxygen atoms in total. The van der Waals surface area contributed by atoms with Crippen LogP contribution in [0.3, 0.4) is 0 Å². The van der Waals surface area contributed by atoms with Crippen molar-refractivity contribution in [3.63, 3.8) is 0 Å². The van der Waals surface area contributed by atoms with Crippen LogP contribution in [-0.2, 0) is 28.2 Å². The predicted molar refractivity (Wildman–Crippen MR) is 216 cm³/mol. The van der Waals surface area contributed by atoms with Gasteiger partial charge in [-0.25, -0.2) is 4.57 Å². The van der Waals surface area contributed by atoms with Gasteiger partial charge < -0.3 is 19.3 Å². The number of esters is 2. The van der Waals surface area contributed by atoms with Crippen molar-refractivity contribution in [3.05, 3.63) is 48.6 Å². The molecule has 0 spiro atoms. The van der Waals surface area contributed by atoms with Crippen LogP contribution in [0.15, 0.2) is 48.6 Å². The third-order valence-corrected chi connectivity index (χ3v) is 9.31. The topological polar surface area (TPSA) is 119 Å². The summed E-state index contributed by atoms with van der Waals surface area (Å²) in [5.74, 6) is -0.905. The van der Waals surface area contributed by atoms with Crippen LogP contribution in [-0.4, -0.2) is 41.0 Å². The van der Waals surface area contributed by atoms with Gasteiger partial charge >= 0.3 is 19.8 Å². The minimum Gasteiger partial charge on any atom is -0.462 e. The molecule has 0 aromatic carbocycles. The third-order valence-electron chi connectivity index (χ3n) is 8.82. The lowest BCUT2D eigenvalue weighted by Crippen LogP contribution is -2.29. The third kappa shape index (κ3) is 40.8. The lowest BCUT2D eigenvalue weighted by atomic mass is 10.1. The van der Waals surface area contributed by atoms with Gasteiger partial charge in [-0.1, -0.05) is 152 Å². The van der Waals surface area contributed by atoms with Gasteiger partial charge in [0.2, 0.25) is 0 Å². The van der Waals surface area contributed by atoms with E-state index in [9.17, 15) is 14.2 Å². The first-order valence-electron chi connectivity index (χ1n) is 20.9. The maximum Gasteiger partial charge on any atom is 0.469 e. The SMILES string of the molecule is CCCCC/C=C\C/C=C\CCCCCCCCCCCC(=O)OC(COC(=O)CCCCCCC/C=C\C/C=C\CCCCC)COP(=O)(O)O. The van der Waals surface area contributed by atoms with Gasteiger partial charge in [-0.2, -0.15) is 0 Å². The van der Waals surface area contributed by atoms with Crippen molar-refractivity contribution in [2.75, 3.05) is 13.2 Å². The monoisotopic (exact) mass is 753 g/mol. The minimum atomic E-state index is -4.76. The molecule has 0 aliphatic rings. The number of carbonyl (C=O) groups is 2. The Bertz CT molecular complexity index is 984. The van der Waals surface area contributed by atoms with Gasteiger partial charge in [-0.3, -0.25) is 14.1 Å². The Morgan fingerprint density at radius 1 is 0.500 bits per heavy atom. The molecule has 1 unspecified atom stereocenters. The number of hydrogen-bond acceptors (Lipinski definition) is 6. The highest BCUT2D eigenvalue weighted by Gasteiger charge is 2.22. The summed E-state index contributed by atoms with van der Waals surface area (Å²) >= 11 is 0. The van der Waals surface area contributed by atoms with E-state index < -0.39 is 32.5 Å². The highest BCUT2D eigenvalue weighted by Crippen LogP contribution is 2.36. The Labute approximate surface area is 318 Å². The highest BCUT2D eigenvalue weighted by atomic mass is 31.2. The molecule has 0 saturated carbocycles. The maximum atomic E-state index is 12.4. The van der Waals surface area contributed by atoms with Crippen molar-refractivity contribution in [1.29, 1.82) is 0 Å². The fraction of sp³-hybridized carbons (Fsp3) is 0.767. The molecule has 0 heterocycles. The molecular weight excluding hydrogens is 675 g/mol. The van der Waals surface area contributed by atoms with Crippen molar-refractivity contribution in [1.82, 2.24) is 0 Å². The van der Waals surface area contributed by atoms with Crippen molar-refractivity contribution in [2.45, 2.75) is 200 Å². The molecule has 9 heteroatoms. The Kier molecular flexibility index (Phi) is 37.2. The van der Waals surface area contributed by atoms with Gasteiger partial charge in [0.05, 0.1) is 6.61 Å². The molecule has 0 amide bonds. The van der Waals surface area contributed by atoms with Crippen molar-refractivity contribution in [2.24, 2.45) is 0 Å². The van der Waals surface area contributed by atoms with Crippen molar-refractivity contribution in [3.8, 4) is 0 Å². The van der Waals surface area contributed by atoms with Crippen LogP contribution < -0.4 is 0 Å². The molecule has 0 aliphatic heterocycles. The van der Waals surface area contributed by atoms with E-state index >= 15 is 0 Å². The van der Waals surface area contributed by atoms with Crippen LogP contribution in [0.4, 0.5) is 0 Å². The van der Waals surface area contributed by atoms with Gasteiger partial charge in [0, 0.05) is 12.8 Å². The number of rotatable bonds is 38. The maximum absolute atomic E-state index is 12.4. The smallest absolute Gasteiger partial charge is 0.462 e. The second kappa shape index (κ2) is 38.7. The van der Waals surface area contributed by atoms with E-state index in [0.717, 1.165) is 70.6 Å². The predicted octanol–water partition coefficient (Wildman–Crippen LogP) is 12.7. The molecule has 2 N–H and O–H groups in total. The molecule has 1 atom stereocenters. The number of carbonyl (C=O) groups excluding carboxylic acids is 2. The molecule has 0 saturated heterocycles. The summed E-state index contributed by atoms with van der Waals surface area (Å²) in [5, 5.41) is 0. The fourth-order valence-electron chi connectivity index (χ4n) is 5.67. The summed E-state index contributed by atoms with van der Waals surface area (Å²) in [6, 6.07) is 0. The number of hydrogen-bond donors (Lipinski definition) is 2. The quantitative estimate of drug-likeness (QED) is 0.0277. The van der Waals surface area contributed by atoms with E-state index in [1.165, 1.54) is 83.5 Å². The molecule has 302 valence electrons. The Balaban J connectivity index is 3.94. The van der Waals surface area contributed by atoms with Crippen LogP contribution in [0.2, 0.25) is 0 Å². The molecular formula is C43H77O8P. The van der Waals surface area contributed by atoms with E-state index in [0.29, 0.717) is 12.8 Å². The van der Waals surface area contributed by atoms with Gasteiger partial charge in [0.1, 0.15) is 6.61 Å². The van der Waals surface area contributed by atoms with Gasteiger partial charge in [0.25, 0.3) is 0 Å². The first kappa shape index (κ1) is 50.0. The summed E-state index contributed by atoms with van der Waals surface area (Å²) in [6.45, 7) is 3.62. The molecule has 0 aromatic rings. The average Bonchev–Trinajstić information content (AvgIpc) is 3.11. The van der Waals surface area contributed by atoms with E-state index in [1.807, 2.05) is 0 Å². The van der Waals surface area contributed by atoms with Crippen LogP contribution in [0.1, 0.15) is 194 Å². The van der Waals surface area contributed by atoms with Crippen LogP contribution in [0.25, 0.3) is 0 Å². The zero-order chi connectivity index (χ0) is 38.2. The molecule has 0 rings (SSSR count). The highest BCUT2D eigenvalue weighted by molar-refractivity contribution is 7.46. The zero-order valence-electron chi connectivity index (χ0n) is 33.2. The molecule has 52 heavy (non-hydrogen) atoms. The van der Waals surface area contributed by atoms with E-state index in [4.69, 9.17) is 19.3 Å². The summed E-state index contributed by atoms with van der Waals surface area (Å²) < 4.78 is 26.4. The zero-order valence-corrected chi connectivity index (χ0v) is 34.1. The number of allylic oxidation sites excluding steroid dienone is 8. The van der Waals surface area contributed by atoms with E-state index in [-0.39, 0.29) is 19.4 Å². The van der Waals surface area contributed by atoms with Crippen LogP contribution in [0.5, 0.6) is 0 Å². The first-order chi connectivity index (χ1) is 25.3. The second-order valence-electron chi connectivity index (χ2n) is 14.0. The number of phosphoric ester groups is 1. The lowest BCUT2D eigenvalue weighted by Gasteiger charge is -2.18. The van der Waals surface area contributed by atoms with Crippen molar-refractivity contribution < 1.29 is 37.9 Å². The Morgan fingerprint density at radius 3 is 1.27 bits per heavy atom. The Morgan fingerprint density at radius 2 is 0.865 bits per heavy atom. The van der Waals surface area contributed by atoms with E-state index in [2.05, 4.69) is 67.0 Å². The summed E-state index contributed by atoms with van der Waals surface area (Å²) in [7, 11) is -4.76.